The molecule has 3 aromatic carbocycles. The molecule has 0 heterocycles. The Labute approximate surface area is 169 Å². The van der Waals surface area contributed by atoms with Crippen LogP contribution in [0.5, 0.6) is 5.75 Å². The predicted octanol–water partition coefficient (Wildman–Crippen LogP) is 6.85. The van der Waals surface area contributed by atoms with Crippen molar-refractivity contribution in [2.45, 2.75) is 20.1 Å². The maximum absolute atomic E-state index is 13.9. The highest BCUT2D eigenvalue weighted by atomic mass is 79.9. The van der Waals surface area contributed by atoms with E-state index in [2.05, 4.69) is 50.2 Å². The predicted molar refractivity (Wildman–Crippen MR) is 111 cm³/mol. The van der Waals surface area contributed by atoms with Crippen molar-refractivity contribution in [1.29, 1.82) is 0 Å². The van der Waals surface area contributed by atoms with E-state index in [4.69, 9.17) is 4.74 Å². The fourth-order valence-electron chi connectivity index (χ4n) is 2.63. The van der Waals surface area contributed by atoms with Crippen molar-refractivity contribution < 1.29 is 9.13 Å². The Kier molecular flexibility index (Phi) is 6.33. The summed E-state index contributed by atoms with van der Waals surface area (Å²) in [6, 6.07) is 18.7. The van der Waals surface area contributed by atoms with Crippen molar-refractivity contribution in [2.75, 3.05) is 5.32 Å². The molecule has 26 heavy (non-hydrogen) atoms. The second kappa shape index (κ2) is 8.69. The number of aryl methyl sites for hydroxylation is 1. The highest BCUT2D eigenvalue weighted by Gasteiger charge is 2.12. The van der Waals surface area contributed by atoms with Crippen LogP contribution in [0, 0.1) is 12.7 Å². The second-order valence-corrected chi connectivity index (χ2v) is 7.69. The largest absolute Gasteiger partial charge is 0.487 e. The third-order valence-electron chi connectivity index (χ3n) is 4.03. The molecule has 0 aliphatic rings. The average molecular weight is 479 g/mol. The minimum Gasteiger partial charge on any atom is -0.487 e. The fourth-order valence-corrected chi connectivity index (χ4v) is 4.06. The van der Waals surface area contributed by atoms with E-state index in [0.717, 1.165) is 20.2 Å². The lowest BCUT2D eigenvalue weighted by Crippen LogP contribution is -2.06. The summed E-state index contributed by atoms with van der Waals surface area (Å²) in [6.45, 7) is 2.83. The molecule has 0 spiro atoms. The first-order chi connectivity index (χ1) is 12.5. The summed E-state index contributed by atoms with van der Waals surface area (Å²) in [5.41, 5.74) is 3.75. The van der Waals surface area contributed by atoms with Crippen LogP contribution in [-0.2, 0) is 13.2 Å². The molecular formula is C21H18Br2FNO. The number of rotatable bonds is 6. The number of ether oxygens (including phenoxy) is 1. The molecule has 3 aromatic rings. The van der Waals surface area contributed by atoms with Gasteiger partial charge < -0.3 is 10.1 Å². The highest BCUT2D eigenvalue weighted by molar-refractivity contribution is 9.11. The van der Waals surface area contributed by atoms with Crippen LogP contribution >= 0.6 is 31.9 Å². The summed E-state index contributed by atoms with van der Waals surface area (Å²) in [5, 5.41) is 3.44. The van der Waals surface area contributed by atoms with E-state index in [1.54, 1.807) is 18.2 Å². The molecular weight excluding hydrogens is 461 g/mol. The van der Waals surface area contributed by atoms with Gasteiger partial charge in [0.05, 0.1) is 4.47 Å². The monoisotopic (exact) mass is 477 g/mol. The average Bonchev–Trinajstić information content (AvgIpc) is 2.61. The highest BCUT2D eigenvalue weighted by Crippen LogP contribution is 2.34. The van der Waals surface area contributed by atoms with Crippen molar-refractivity contribution in [1.82, 2.24) is 0 Å². The second-order valence-electron chi connectivity index (χ2n) is 5.92. The van der Waals surface area contributed by atoms with E-state index in [1.807, 2.05) is 30.3 Å². The number of nitrogens with one attached hydrogen (secondary N) is 1. The molecule has 0 fully saturated rings. The van der Waals surface area contributed by atoms with E-state index in [-0.39, 0.29) is 12.4 Å². The summed E-state index contributed by atoms with van der Waals surface area (Å²) in [6.07, 6.45) is 0. The van der Waals surface area contributed by atoms with Crippen LogP contribution in [0.25, 0.3) is 0 Å². The smallest absolute Gasteiger partial charge is 0.139 e. The zero-order chi connectivity index (χ0) is 18.5. The van der Waals surface area contributed by atoms with Gasteiger partial charge in [-0.1, -0.05) is 52.3 Å². The van der Waals surface area contributed by atoms with Crippen LogP contribution in [-0.4, -0.2) is 0 Å². The van der Waals surface area contributed by atoms with Gasteiger partial charge in [0.1, 0.15) is 18.2 Å². The molecule has 2 nitrogen and oxygen atoms in total. The van der Waals surface area contributed by atoms with E-state index >= 15 is 0 Å². The molecule has 0 saturated heterocycles. The van der Waals surface area contributed by atoms with Gasteiger partial charge in [0, 0.05) is 27.8 Å². The number of anilines is 1. The lowest BCUT2D eigenvalue weighted by Gasteiger charge is -2.16. The molecule has 1 N–H and O–H groups in total. The van der Waals surface area contributed by atoms with Crippen molar-refractivity contribution >= 4 is 37.5 Å². The minimum atomic E-state index is -0.264. The van der Waals surface area contributed by atoms with Gasteiger partial charge >= 0.3 is 0 Å². The van der Waals surface area contributed by atoms with Crippen molar-refractivity contribution in [3.8, 4) is 5.75 Å². The number of hydrogen-bond acceptors (Lipinski definition) is 2. The Morgan fingerprint density at radius 2 is 1.69 bits per heavy atom. The van der Waals surface area contributed by atoms with Crippen LogP contribution in [0.15, 0.2) is 69.6 Å². The normalized spacial score (nSPS) is 10.6. The van der Waals surface area contributed by atoms with Gasteiger partial charge in [0.25, 0.3) is 0 Å². The quantitative estimate of drug-likeness (QED) is 0.418. The molecule has 0 aliphatic carbocycles. The zero-order valence-corrected chi connectivity index (χ0v) is 17.4. The van der Waals surface area contributed by atoms with Crippen LogP contribution in [0.4, 0.5) is 10.1 Å². The Balaban J connectivity index is 1.81. The molecule has 0 aromatic heterocycles. The van der Waals surface area contributed by atoms with Gasteiger partial charge in [-0.05, 0) is 52.7 Å². The minimum absolute atomic E-state index is 0.171. The first-order valence-corrected chi connectivity index (χ1v) is 9.77. The molecule has 0 atom stereocenters. The summed E-state index contributed by atoms with van der Waals surface area (Å²) >= 11 is 7.08. The van der Waals surface area contributed by atoms with Gasteiger partial charge in [-0.2, -0.15) is 0 Å². The molecule has 0 aliphatic heterocycles. The molecule has 0 saturated carbocycles. The van der Waals surface area contributed by atoms with Crippen LogP contribution in [0.1, 0.15) is 16.7 Å². The Morgan fingerprint density at radius 1 is 0.962 bits per heavy atom. The molecule has 0 radical (unpaired) electrons. The standard InChI is InChI=1S/C21H18Br2FNO/c1-14-6-2-5-9-20(14)25-12-16-10-17(22)11-18(23)21(16)26-13-15-7-3-4-8-19(15)24/h2-11,25H,12-13H2,1H3. The molecule has 3 rings (SSSR count). The summed E-state index contributed by atoms with van der Waals surface area (Å²) in [5.74, 6) is 0.442. The van der Waals surface area contributed by atoms with Gasteiger partial charge in [-0.25, -0.2) is 4.39 Å². The number of halogens is 3. The third-order valence-corrected chi connectivity index (χ3v) is 5.08. The van der Waals surface area contributed by atoms with E-state index in [0.29, 0.717) is 17.9 Å². The maximum atomic E-state index is 13.9. The first kappa shape index (κ1) is 18.9. The maximum Gasteiger partial charge on any atom is 0.139 e. The molecule has 0 bridgehead atoms. The summed E-state index contributed by atoms with van der Waals surface area (Å²) in [7, 11) is 0. The molecule has 5 heteroatoms. The Morgan fingerprint density at radius 3 is 2.46 bits per heavy atom. The lowest BCUT2D eigenvalue weighted by molar-refractivity contribution is 0.295. The summed E-state index contributed by atoms with van der Waals surface area (Å²) in [4.78, 5) is 0. The van der Waals surface area contributed by atoms with Crippen LogP contribution in [0.2, 0.25) is 0 Å². The van der Waals surface area contributed by atoms with Crippen molar-refractivity contribution in [2.24, 2.45) is 0 Å². The van der Waals surface area contributed by atoms with Gasteiger partial charge in [-0.15, -0.1) is 0 Å². The zero-order valence-electron chi connectivity index (χ0n) is 14.2. The van der Waals surface area contributed by atoms with E-state index < -0.39 is 0 Å². The Hall–Kier alpha value is -1.85. The van der Waals surface area contributed by atoms with Gasteiger partial charge in [-0.3, -0.25) is 0 Å². The van der Waals surface area contributed by atoms with Crippen molar-refractivity contribution in [3.05, 3.63) is 92.1 Å². The molecule has 134 valence electrons. The number of benzene rings is 3. The lowest BCUT2D eigenvalue weighted by atomic mass is 10.1. The van der Waals surface area contributed by atoms with Gasteiger partial charge in [0.2, 0.25) is 0 Å². The molecule has 0 unspecified atom stereocenters. The van der Waals surface area contributed by atoms with Gasteiger partial charge in [0.15, 0.2) is 0 Å². The van der Waals surface area contributed by atoms with E-state index in [9.17, 15) is 4.39 Å². The number of hydrogen-bond donors (Lipinski definition) is 1. The number of para-hydroxylation sites is 1. The fraction of sp³-hybridized carbons (Fsp3) is 0.143. The van der Waals surface area contributed by atoms with E-state index in [1.165, 1.54) is 11.6 Å². The third kappa shape index (κ3) is 4.65. The molecule has 0 amide bonds. The van der Waals surface area contributed by atoms with Crippen LogP contribution in [0.3, 0.4) is 0 Å². The Bertz CT molecular complexity index is 914. The SMILES string of the molecule is Cc1ccccc1NCc1cc(Br)cc(Br)c1OCc1ccccc1F. The van der Waals surface area contributed by atoms with Crippen LogP contribution < -0.4 is 10.1 Å². The topological polar surface area (TPSA) is 21.3 Å². The van der Waals surface area contributed by atoms with Crippen molar-refractivity contribution in [3.63, 3.8) is 0 Å². The first-order valence-electron chi connectivity index (χ1n) is 8.18. The summed E-state index contributed by atoms with van der Waals surface area (Å²) < 4.78 is 21.6.